The third-order valence-corrected chi connectivity index (χ3v) is 2.61. The van der Waals surface area contributed by atoms with Crippen LogP contribution in [0.15, 0.2) is 0 Å². The molecule has 1 unspecified atom stereocenters. The molecule has 0 aromatic heterocycles. The van der Waals surface area contributed by atoms with E-state index in [1.54, 1.807) is 0 Å². The second kappa shape index (κ2) is 4.41. The summed E-state index contributed by atoms with van der Waals surface area (Å²) < 4.78 is 0. The van der Waals surface area contributed by atoms with Gasteiger partial charge in [-0.15, -0.1) is 12.3 Å². The highest BCUT2D eigenvalue weighted by molar-refractivity contribution is 4.94. The van der Waals surface area contributed by atoms with Crippen LogP contribution < -0.4 is 5.73 Å². The zero-order chi connectivity index (χ0) is 8.10. The first-order valence-electron chi connectivity index (χ1n) is 4.53. The highest BCUT2D eigenvalue weighted by Crippen LogP contribution is 2.29. The van der Waals surface area contributed by atoms with Crippen molar-refractivity contribution in [3.8, 4) is 12.3 Å². The Morgan fingerprint density at radius 1 is 1.45 bits per heavy atom. The fourth-order valence-corrected chi connectivity index (χ4v) is 1.88. The molecule has 1 fully saturated rings. The Bertz CT molecular complexity index is 139. The van der Waals surface area contributed by atoms with E-state index in [-0.39, 0.29) is 0 Å². The van der Waals surface area contributed by atoms with Gasteiger partial charge in [-0.2, -0.15) is 0 Å². The zero-order valence-electron chi connectivity index (χ0n) is 7.05. The van der Waals surface area contributed by atoms with Crippen molar-refractivity contribution in [2.24, 2.45) is 17.6 Å². The van der Waals surface area contributed by atoms with E-state index < -0.39 is 0 Å². The molecule has 0 aliphatic heterocycles. The van der Waals surface area contributed by atoms with Crippen molar-refractivity contribution in [3.63, 3.8) is 0 Å². The fourth-order valence-electron chi connectivity index (χ4n) is 1.88. The second-order valence-corrected chi connectivity index (χ2v) is 3.49. The second-order valence-electron chi connectivity index (χ2n) is 3.49. The highest BCUT2D eigenvalue weighted by atomic mass is 14.5. The molecule has 1 aliphatic rings. The molecule has 0 radical (unpaired) electrons. The van der Waals surface area contributed by atoms with Crippen LogP contribution in [0.2, 0.25) is 0 Å². The molecule has 0 amide bonds. The van der Waals surface area contributed by atoms with Crippen LogP contribution in [-0.2, 0) is 0 Å². The van der Waals surface area contributed by atoms with E-state index in [4.69, 9.17) is 12.2 Å². The molecule has 0 aromatic carbocycles. The molecule has 11 heavy (non-hydrogen) atoms. The van der Waals surface area contributed by atoms with Crippen molar-refractivity contribution in [2.75, 3.05) is 6.54 Å². The van der Waals surface area contributed by atoms with Gasteiger partial charge in [0.05, 0.1) is 0 Å². The van der Waals surface area contributed by atoms with Gasteiger partial charge in [-0.1, -0.05) is 25.7 Å². The van der Waals surface area contributed by atoms with E-state index >= 15 is 0 Å². The maximum Gasteiger partial charge on any atom is 0.0325 e. The summed E-state index contributed by atoms with van der Waals surface area (Å²) in [4.78, 5) is 0. The Hall–Kier alpha value is -0.480. The quantitative estimate of drug-likeness (QED) is 0.611. The summed E-state index contributed by atoms with van der Waals surface area (Å²) >= 11 is 0. The minimum atomic E-state index is 0.332. The van der Waals surface area contributed by atoms with Crippen LogP contribution in [0.1, 0.15) is 32.1 Å². The summed E-state index contributed by atoms with van der Waals surface area (Å²) in [5, 5.41) is 0. The number of rotatable bonds is 3. The molecule has 1 saturated carbocycles. The molecule has 1 rings (SSSR count). The van der Waals surface area contributed by atoms with Crippen LogP contribution in [0.25, 0.3) is 0 Å². The maximum atomic E-state index is 5.52. The molecule has 0 bridgehead atoms. The fraction of sp³-hybridized carbons (Fsp3) is 0.800. The van der Waals surface area contributed by atoms with Gasteiger partial charge in [-0.3, -0.25) is 0 Å². The molecule has 0 spiro atoms. The van der Waals surface area contributed by atoms with E-state index in [0.29, 0.717) is 12.5 Å². The Kier molecular flexibility index (Phi) is 3.45. The molecule has 0 heterocycles. The van der Waals surface area contributed by atoms with Gasteiger partial charge in [0.1, 0.15) is 0 Å². The van der Waals surface area contributed by atoms with E-state index in [0.717, 1.165) is 12.3 Å². The SMILES string of the molecule is C#CC(CN)CC1CCCC1. The lowest BCUT2D eigenvalue weighted by molar-refractivity contribution is 0.438. The molecule has 0 saturated heterocycles. The van der Waals surface area contributed by atoms with Crippen LogP contribution >= 0.6 is 0 Å². The summed E-state index contributed by atoms with van der Waals surface area (Å²) in [6.07, 6.45) is 12.0. The molecular formula is C10H17N. The summed E-state index contributed by atoms with van der Waals surface area (Å²) in [6, 6.07) is 0. The summed E-state index contributed by atoms with van der Waals surface area (Å²) in [5.74, 6) is 3.96. The van der Waals surface area contributed by atoms with Gasteiger partial charge >= 0.3 is 0 Å². The van der Waals surface area contributed by atoms with E-state index in [1.807, 2.05) is 0 Å². The summed E-state index contributed by atoms with van der Waals surface area (Å²) in [5.41, 5.74) is 5.52. The predicted octanol–water partition coefficient (Wildman–Crippen LogP) is 1.77. The topological polar surface area (TPSA) is 26.0 Å². The molecule has 0 aromatic rings. The molecule has 1 nitrogen and oxygen atoms in total. The normalized spacial score (nSPS) is 21.5. The van der Waals surface area contributed by atoms with Gasteiger partial charge in [0, 0.05) is 12.5 Å². The summed E-state index contributed by atoms with van der Waals surface area (Å²) in [7, 11) is 0. The number of nitrogens with two attached hydrogens (primary N) is 1. The van der Waals surface area contributed by atoms with Gasteiger partial charge < -0.3 is 5.73 Å². The standard InChI is InChI=1S/C10H17N/c1-2-9(8-11)7-10-5-3-4-6-10/h1,9-10H,3-8,11H2. The molecule has 2 N–H and O–H groups in total. The van der Waals surface area contributed by atoms with Crippen molar-refractivity contribution in [1.29, 1.82) is 0 Å². The van der Waals surface area contributed by atoms with Crippen molar-refractivity contribution in [3.05, 3.63) is 0 Å². The smallest absolute Gasteiger partial charge is 0.0325 e. The lowest BCUT2D eigenvalue weighted by Crippen LogP contribution is -2.15. The van der Waals surface area contributed by atoms with Crippen LogP contribution in [-0.4, -0.2) is 6.54 Å². The Balaban J connectivity index is 2.23. The average molecular weight is 151 g/mol. The Morgan fingerprint density at radius 3 is 2.55 bits per heavy atom. The molecule has 1 atom stereocenters. The first kappa shape index (κ1) is 8.62. The van der Waals surface area contributed by atoms with E-state index in [1.165, 1.54) is 25.7 Å². The Labute approximate surface area is 69.4 Å². The predicted molar refractivity (Wildman–Crippen MR) is 48.0 cm³/mol. The van der Waals surface area contributed by atoms with E-state index in [9.17, 15) is 0 Å². The zero-order valence-corrected chi connectivity index (χ0v) is 7.05. The lowest BCUT2D eigenvalue weighted by Gasteiger charge is -2.12. The first-order chi connectivity index (χ1) is 5.36. The summed E-state index contributed by atoms with van der Waals surface area (Å²) in [6.45, 7) is 0.660. The van der Waals surface area contributed by atoms with Gasteiger partial charge in [0.2, 0.25) is 0 Å². The van der Waals surface area contributed by atoms with Gasteiger partial charge in [-0.25, -0.2) is 0 Å². The Morgan fingerprint density at radius 2 is 2.09 bits per heavy atom. The van der Waals surface area contributed by atoms with Gasteiger partial charge in [0.25, 0.3) is 0 Å². The number of terminal acetylenes is 1. The van der Waals surface area contributed by atoms with Crippen LogP contribution in [0, 0.1) is 24.2 Å². The lowest BCUT2D eigenvalue weighted by atomic mass is 9.94. The molecule has 1 aliphatic carbocycles. The monoisotopic (exact) mass is 151 g/mol. The largest absolute Gasteiger partial charge is 0.329 e. The minimum absolute atomic E-state index is 0.332. The van der Waals surface area contributed by atoms with Crippen LogP contribution in [0.3, 0.4) is 0 Å². The maximum absolute atomic E-state index is 5.52. The van der Waals surface area contributed by atoms with Crippen LogP contribution in [0.5, 0.6) is 0 Å². The van der Waals surface area contributed by atoms with Gasteiger partial charge in [0.15, 0.2) is 0 Å². The average Bonchev–Trinajstić information content (AvgIpc) is 2.52. The highest BCUT2D eigenvalue weighted by Gasteiger charge is 2.17. The third kappa shape index (κ3) is 2.55. The van der Waals surface area contributed by atoms with Crippen LogP contribution in [0.4, 0.5) is 0 Å². The van der Waals surface area contributed by atoms with Crippen molar-refractivity contribution in [1.82, 2.24) is 0 Å². The third-order valence-electron chi connectivity index (χ3n) is 2.61. The number of hydrogen-bond acceptors (Lipinski definition) is 1. The van der Waals surface area contributed by atoms with Gasteiger partial charge in [-0.05, 0) is 12.3 Å². The molecule has 1 heteroatoms. The minimum Gasteiger partial charge on any atom is -0.329 e. The van der Waals surface area contributed by atoms with E-state index in [2.05, 4.69) is 5.92 Å². The van der Waals surface area contributed by atoms with Crippen molar-refractivity contribution >= 4 is 0 Å². The van der Waals surface area contributed by atoms with Crippen molar-refractivity contribution in [2.45, 2.75) is 32.1 Å². The molecular weight excluding hydrogens is 134 g/mol. The number of hydrogen-bond donors (Lipinski definition) is 1. The first-order valence-corrected chi connectivity index (χ1v) is 4.53. The van der Waals surface area contributed by atoms with Crippen molar-refractivity contribution < 1.29 is 0 Å². The molecule has 62 valence electrons.